The summed E-state index contributed by atoms with van der Waals surface area (Å²) in [6.07, 6.45) is 1.70. The fourth-order valence-electron chi connectivity index (χ4n) is 4.08. The number of nitrogens with one attached hydrogen (secondary N) is 1. The first-order valence-corrected chi connectivity index (χ1v) is 11.8. The molecule has 2 aromatic heterocycles. The molecule has 3 aromatic rings. The Kier molecular flexibility index (Phi) is 7.61. The highest BCUT2D eigenvalue weighted by Crippen LogP contribution is 2.32. The first kappa shape index (κ1) is 25.3. The third-order valence-electron chi connectivity index (χ3n) is 6.00. The number of aromatic nitrogens is 2. The van der Waals surface area contributed by atoms with Crippen LogP contribution in [0.4, 0.5) is 20.2 Å². The molecule has 8 heteroatoms. The largest absolute Gasteiger partial charge is 0.378 e. The molecule has 0 saturated carbocycles. The van der Waals surface area contributed by atoms with E-state index >= 15 is 0 Å². The Morgan fingerprint density at radius 1 is 1.14 bits per heavy atom. The molecule has 0 aliphatic carbocycles. The highest BCUT2D eigenvalue weighted by atomic mass is 19.1. The summed E-state index contributed by atoms with van der Waals surface area (Å²) in [6, 6.07) is 7.49. The predicted octanol–water partition coefficient (Wildman–Crippen LogP) is 5.31. The van der Waals surface area contributed by atoms with Gasteiger partial charge in [-0.15, -0.1) is 0 Å². The molecule has 0 unspecified atom stereocenters. The molecular weight excluding hydrogens is 462 g/mol. The van der Waals surface area contributed by atoms with Crippen molar-refractivity contribution in [3.63, 3.8) is 0 Å². The number of benzene rings is 1. The molecule has 0 spiro atoms. The second-order valence-electron chi connectivity index (χ2n) is 8.93. The summed E-state index contributed by atoms with van der Waals surface area (Å²) in [5.41, 5.74) is 4.23. The Labute approximate surface area is 209 Å². The number of ether oxygens (including phenoxy) is 1. The highest BCUT2D eigenvalue weighted by molar-refractivity contribution is 6.04. The number of pyridine rings is 2. The van der Waals surface area contributed by atoms with Crippen molar-refractivity contribution < 1.29 is 18.3 Å². The monoisotopic (exact) mass is 490 g/mol. The molecule has 1 saturated heterocycles. The maximum absolute atomic E-state index is 14.9. The number of hydrogen-bond acceptors (Lipinski definition) is 5. The number of rotatable bonds is 5. The van der Waals surface area contributed by atoms with Crippen LogP contribution in [-0.4, -0.2) is 42.2 Å². The van der Waals surface area contributed by atoms with Crippen LogP contribution in [0.2, 0.25) is 0 Å². The van der Waals surface area contributed by atoms with Crippen molar-refractivity contribution in [2.45, 2.75) is 33.6 Å². The first-order valence-electron chi connectivity index (χ1n) is 11.8. The van der Waals surface area contributed by atoms with E-state index in [1.807, 2.05) is 19.9 Å². The minimum Gasteiger partial charge on any atom is -0.378 e. The number of halogens is 2. The Morgan fingerprint density at radius 2 is 1.89 bits per heavy atom. The van der Waals surface area contributed by atoms with E-state index in [0.29, 0.717) is 48.8 Å². The summed E-state index contributed by atoms with van der Waals surface area (Å²) in [7, 11) is 0. The van der Waals surface area contributed by atoms with Crippen LogP contribution in [0.5, 0.6) is 0 Å². The van der Waals surface area contributed by atoms with Crippen molar-refractivity contribution in [1.82, 2.24) is 9.97 Å². The Bertz CT molecular complexity index is 1360. The van der Waals surface area contributed by atoms with Gasteiger partial charge in [-0.2, -0.15) is 4.39 Å². The van der Waals surface area contributed by atoms with E-state index in [-0.39, 0.29) is 17.2 Å². The van der Waals surface area contributed by atoms with E-state index in [9.17, 15) is 13.6 Å². The van der Waals surface area contributed by atoms with Gasteiger partial charge in [0.05, 0.1) is 24.6 Å². The number of carbonyl (C=O) groups excluding carboxylic acids is 1. The van der Waals surface area contributed by atoms with Crippen molar-refractivity contribution in [2.24, 2.45) is 0 Å². The standard InChI is InChI=1S/C28H28F2N4O2/c1-5-6-23-26(34-7-9-36-10-8-34)13-20(16-31-23)21-15-25(22(29)11-18(21)4)33-28(35)19-12-24(17(2)3)32-27(30)14-19/h11-17H,7-10H2,1-4H3,(H,33,35). The van der Waals surface area contributed by atoms with E-state index in [1.54, 1.807) is 26.1 Å². The topological polar surface area (TPSA) is 67.4 Å². The van der Waals surface area contributed by atoms with Gasteiger partial charge in [0, 0.05) is 42.2 Å². The van der Waals surface area contributed by atoms with Crippen molar-refractivity contribution in [1.29, 1.82) is 0 Å². The van der Waals surface area contributed by atoms with Gasteiger partial charge in [-0.25, -0.2) is 14.4 Å². The molecule has 1 aromatic carbocycles. The van der Waals surface area contributed by atoms with Crippen molar-refractivity contribution in [2.75, 3.05) is 36.5 Å². The van der Waals surface area contributed by atoms with E-state index in [2.05, 4.69) is 32.0 Å². The summed E-state index contributed by atoms with van der Waals surface area (Å²) in [4.78, 5) is 23.5. The molecule has 6 nitrogen and oxygen atoms in total. The highest BCUT2D eigenvalue weighted by Gasteiger charge is 2.19. The lowest BCUT2D eigenvalue weighted by Crippen LogP contribution is -2.36. The Hall–Kier alpha value is -3.83. The maximum atomic E-state index is 14.9. The third kappa shape index (κ3) is 5.52. The van der Waals surface area contributed by atoms with Crippen LogP contribution in [0.15, 0.2) is 36.5 Å². The summed E-state index contributed by atoms with van der Waals surface area (Å²) < 4.78 is 34.4. The summed E-state index contributed by atoms with van der Waals surface area (Å²) in [5, 5.41) is 2.59. The predicted molar refractivity (Wildman–Crippen MR) is 136 cm³/mol. The quantitative estimate of drug-likeness (QED) is 0.388. The number of aryl methyl sites for hydroxylation is 1. The molecule has 0 bridgehead atoms. The molecule has 1 aliphatic rings. The zero-order chi connectivity index (χ0) is 25.8. The minimum absolute atomic E-state index is 0.00531. The van der Waals surface area contributed by atoms with Gasteiger partial charge in [0.2, 0.25) is 5.95 Å². The third-order valence-corrected chi connectivity index (χ3v) is 6.00. The number of morpholine rings is 1. The van der Waals surface area contributed by atoms with E-state index in [0.717, 1.165) is 17.3 Å². The normalized spacial score (nSPS) is 13.4. The minimum atomic E-state index is -0.756. The van der Waals surface area contributed by atoms with E-state index < -0.39 is 17.7 Å². The average Bonchev–Trinajstić information content (AvgIpc) is 2.86. The van der Waals surface area contributed by atoms with Gasteiger partial charge < -0.3 is 15.0 Å². The molecular formula is C28H28F2N4O2. The number of nitrogens with zero attached hydrogens (tertiary/aromatic N) is 3. The van der Waals surface area contributed by atoms with Crippen molar-refractivity contribution >= 4 is 17.3 Å². The van der Waals surface area contributed by atoms with Gasteiger partial charge in [-0.1, -0.05) is 19.8 Å². The number of carbonyl (C=O) groups is 1. The lowest BCUT2D eigenvalue weighted by Gasteiger charge is -2.29. The van der Waals surface area contributed by atoms with Crippen LogP contribution < -0.4 is 10.2 Å². The molecule has 186 valence electrons. The van der Waals surface area contributed by atoms with Crippen LogP contribution in [-0.2, 0) is 4.74 Å². The zero-order valence-corrected chi connectivity index (χ0v) is 20.8. The second kappa shape index (κ2) is 10.8. The van der Waals surface area contributed by atoms with E-state index in [1.165, 1.54) is 12.1 Å². The van der Waals surface area contributed by atoms with Gasteiger partial charge in [0.1, 0.15) is 11.5 Å². The van der Waals surface area contributed by atoms with Crippen molar-refractivity contribution in [3.05, 3.63) is 70.8 Å². The molecule has 1 fully saturated rings. The van der Waals surface area contributed by atoms with Gasteiger partial charge in [0.15, 0.2) is 0 Å². The van der Waals surface area contributed by atoms with Crippen LogP contribution in [0.3, 0.4) is 0 Å². The number of anilines is 2. The van der Waals surface area contributed by atoms with Gasteiger partial charge >= 0.3 is 0 Å². The Balaban J connectivity index is 1.70. The number of hydrogen-bond donors (Lipinski definition) is 1. The average molecular weight is 491 g/mol. The second-order valence-corrected chi connectivity index (χ2v) is 8.93. The zero-order valence-electron chi connectivity index (χ0n) is 20.8. The lowest BCUT2D eigenvalue weighted by molar-refractivity contribution is 0.102. The van der Waals surface area contributed by atoms with E-state index in [4.69, 9.17) is 4.74 Å². The molecule has 36 heavy (non-hydrogen) atoms. The molecule has 3 heterocycles. The summed E-state index contributed by atoms with van der Waals surface area (Å²) in [6.45, 7) is 9.92. The fraction of sp³-hybridized carbons (Fsp3) is 0.321. The summed E-state index contributed by atoms with van der Waals surface area (Å²) in [5.74, 6) is 3.93. The maximum Gasteiger partial charge on any atom is 0.255 e. The molecule has 1 amide bonds. The number of amides is 1. The van der Waals surface area contributed by atoms with Gasteiger partial charge in [0.25, 0.3) is 5.91 Å². The van der Waals surface area contributed by atoms with Crippen molar-refractivity contribution in [3.8, 4) is 23.0 Å². The van der Waals surface area contributed by atoms with Crippen LogP contribution in [0, 0.1) is 30.5 Å². The lowest BCUT2D eigenvalue weighted by atomic mass is 9.99. The van der Waals surface area contributed by atoms with Crippen LogP contribution in [0.1, 0.15) is 54.0 Å². The van der Waals surface area contributed by atoms with Crippen LogP contribution in [0.25, 0.3) is 11.1 Å². The van der Waals surface area contributed by atoms with Gasteiger partial charge in [-0.3, -0.25) is 4.79 Å². The van der Waals surface area contributed by atoms with Gasteiger partial charge in [-0.05, 0) is 61.1 Å². The molecule has 1 N–H and O–H groups in total. The SMILES string of the molecule is CC#Cc1ncc(-c2cc(NC(=O)c3cc(F)nc(C(C)C)c3)c(F)cc2C)cc1N1CCOCC1. The Morgan fingerprint density at radius 3 is 2.58 bits per heavy atom. The first-order chi connectivity index (χ1) is 17.3. The smallest absolute Gasteiger partial charge is 0.255 e. The van der Waals surface area contributed by atoms with Crippen LogP contribution >= 0.6 is 0 Å². The molecule has 0 atom stereocenters. The fourth-order valence-corrected chi connectivity index (χ4v) is 4.08. The summed E-state index contributed by atoms with van der Waals surface area (Å²) >= 11 is 0. The molecule has 1 aliphatic heterocycles. The molecule has 0 radical (unpaired) electrons. The molecule has 4 rings (SSSR count).